The summed E-state index contributed by atoms with van der Waals surface area (Å²) in [5.74, 6) is -0.0330. The number of ketones is 1. The fourth-order valence-corrected chi connectivity index (χ4v) is 2.18. The van der Waals surface area contributed by atoms with Crippen molar-refractivity contribution in [1.82, 2.24) is 9.78 Å². The van der Waals surface area contributed by atoms with E-state index < -0.39 is 0 Å². The Bertz CT molecular complexity index is 774. The van der Waals surface area contributed by atoms with Crippen molar-refractivity contribution >= 4 is 22.4 Å². The molecule has 0 amide bonds. The molecular formula is C15H13N3O. The average molecular weight is 251 g/mol. The number of nitrogen functional groups attached to an aromatic ring is 1. The Morgan fingerprint density at radius 2 is 2.00 bits per heavy atom. The second kappa shape index (κ2) is 4.24. The Morgan fingerprint density at radius 1 is 1.21 bits per heavy atom. The molecule has 94 valence electrons. The maximum Gasteiger partial charge on any atom is 0.161 e. The highest BCUT2D eigenvalue weighted by Crippen LogP contribution is 2.21. The molecule has 19 heavy (non-hydrogen) atoms. The van der Waals surface area contributed by atoms with E-state index in [1.807, 2.05) is 41.2 Å². The molecule has 1 aromatic heterocycles. The number of hydrogen-bond acceptors (Lipinski definition) is 3. The molecule has 0 fully saturated rings. The van der Waals surface area contributed by atoms with E-state index in [1.165, 1.54) is 6.92 Å². The first kappa shape index (κ1) is 11.5. The maximum absolute atomic E-state index is 11.4. The van der Waals surface area contributed by atoms with Crippen molar-refractivity contribution in [3.8, 4) is 5.69 Å². The van der Waals surface area contributed by atoms with Gasteiger partial charge in [-0.1, -0.05) is 18.2 Å². The van der Waals surface area contributed by atoms with Crippen LogP contribution in [0.3, 0.4) is 0 Å². The minimum absolute atomic E-state index is 0.0330. The van der Waals surface area contributed by atoms with Crippen LogP contribution in [0.25, 0.3) is 16.6 Å². The number of para-hydroxylation sites is 1. The number of Topliss-reactive ketones (excluding diaryl/α,β-unsaturated/α-hetero) is 1. The number of anilines is 1. The number of benzene rings is 2. The summed E-state index contributed by atoms with van der Waals surface area (Å²) in [5, 5.41) is 5.42. The van der Waals surface area contributed by atoms with Gasteiger partial charge >= 0.3 is 0 Å². The molecular weight excluding hydrogens is 238 g/mol. The Morgan fingerprint density at radius 3 is 2.74 bits per heavy atom. The summed E-state index contributed by atoms with van der Waals surface area (Å²) < 4.78 is 1.82. The molecule has 0 saturated heterocycles. The average Bonchev–Trinajstić information content (AvgIpc) is 2.82. The van der Waals surface area contributed by atoms with Gasteiger partial charge in [0.05, 0.1) is 17.4 Å². The first-order valence-electron chi connectivity index (χ1n) is 6.00. The van der Waals surface area contributed by atoms with E-state index in [0.29, 0.717) is 11.3 Å². The van der Waals surface area contributed by atoms with Crippen molar-refractivity contribution in [2.24, 2.45) is 0 Å². The van der Waals surface area contributed by atoms with Crippen LogP contribution in [0, 0.1) is 0 Å². The molecule has 0 saturated carbocycles. The molecule has 3 rings (SSSR count). The van der Waals surface area contributed by atoms with E-state index in [-0.39, 0.29) is 5.78 Å². The topological polar surface area (TPSA) is 60.9 Å². The van der Waals surface area contributed by atoms with Crippen LogP contribution in [0.1, 0.15) is 17.3 Å². The molecule has 4 nitrogen and oxygen atoms in total. The van der Waals surface area contributed by atoms with Crippen LogP contribution in [0.4, 0.5) is 5.69 Å². The lowest BCUT2D eigenvalue weighted by Crippen LogP contribution is -2.03. The van der Waals surface area contributed by atoms with Gasteiger partial charge in [-0.15, -0.1) is 0 Å². The van der Waals surface area contributed by atoms with E-state index in [9.17, 15) is 4.79 Å². The minimum Gasteiger partial charge on any atom is -0.398 e. The Balaban J connectivity index is 2.17. The maximum atomic E-state index is 11.4. The predicted molar refractivity (Wildman–Crippen MR) is 75.5 cm³/mol. The molecule has 1 heterocycles. The standard InChI is InChI=1S/C15H13N3O/c1-10(19)13-7-6-12(8-14(13)16)18-15-5-3-2-4-11(15)9-17-18/h2-9H,16H2,1H3. The van der Waals surface area contributed by atoms with Crippen LogP contribution < -0.4 is 5.73 Å². The Kier molecular flexibility index (Phi) is 2.56. The van der Waals surface area contributed by atoms with Crippen LogP contribution >= 0.6 is 0 Å². The summed E-state index contributed by atoms with van der Waals surface area (Å²) in [6.07, 6.45) is 1.81. The summed E-state index contributed by atoms with van der Waals surface area (Å²) in [5.41, 5.74) is 8.79. The van der Waals surface area contributed by atoms with Gasteiger partial charge in [0.1, 0.15) is 0 Å². The molecule has 2 N–H and O–H groups in total. The molecule has 3 aromatic rings. The van der Waals surface area contributed by atoms with Crippen LogP contribution in [0.5, 0.6) is 0 Å². The number of aromatic nitrogens is 2. The summed E-state index contributed by atoms with van der Waals surface area (Å²) in [4.78, 5) is 11.4. The number of hydrogen-bond donors (Lipinski definition) is 1. The van der Waals surface area contributed by atoms with E-state index in [2.05, 4.69) is 5.10 Å². The lowest BCUT2D eigenvalue weighted by molar-refractivity contribution is 0.101. The minimum atomic E-state index is -0.0330. The number of carbonyl (C=O) groups excluding carboxylic acids is 1. The van der Waals surface area contributed by atoms with Crippen LogP contribution in [-0.4, -0.2) is 15.6 Å². The third-order valence-electron chi connectivity index (χ3n) is 3.14. The van der Waals surface area contributed by atoms with E-state index in [0.717, 1.165) is 16.6 Å². The van der Waals surface area contributed by atoms with E-state index in [1.54, 1.807) is 12.1 Å². The molecule has 0 aliphatic heterocycles. The van der Waals surface area contributed by atoms with E-state index >= 15 is 0 Å². The molecule has 2 aromatic carbocycles. The highest BCUT2D eigenvalue weighted by Gasteiger charge is 2.08. The van der Waals surface area contributed by atoms with Gasteiger partial charge in [-0.05, 0) is 31.2 Å². The molecule has 0 atom stereocenters. The molecule has 0 bridgehead atoms. The SMILES string of the molecule is CC(=O)c1ccc(-n2ncc3ccccc32)cc1N. The van der Waals surface area contributed by atoms with Crippen LogP contribution in [0.2, 0.25) is 0 Å². The second-order valence-corrected chi connectivity index (χ2v) is 4.44. The molecule has 0 spiro atoms. The van der Waals surface area contributed by atoms with Crippen molar-refractivity contribution in [3.63, 3.8) is 0 Å². The third-order valence-corrected chi connectivity index (χ3v) is 3.14. The molecule has 4 heteroatoms. The highest BCUT2D eigenvalue weighted by molar-refractivity contribution is 5.99. The van der Waals surface area contributed by atoms with Gasteiger partial charge in [0.2, 0.25) is 0 Å². The Hall–Kier alpha value is -2.62. The van der Waals surface area contributed by atoms with Crippen molar-refractivity contribution in [2.75, 3.05) is 5.73 Å². The third kappa shape index (κ3) is 1.87. The number of carbonyl (C=O) groups is 1. The fourth-order valence-electron chi connectivity index (χ4n) is 2.18. The van der Waals surface area contributed by atoms with Crippen molar-refractivity contribution < 1.29 is 4.79 Å². The summed E-state index contributed by atoms with van der Waals surface area (Å²) in [7, 11) is 0. The zero-order valence-corrected chi connectivity index (χ0v) is 10.5. The highest BCUT2D eigenvalue weighted by atomic mass is 16.1. The van der Waals surface area contributed by atoms with E-state index in [4.69, 9.17) is 5.73 Å². The van der Waals surface area contributed by atoms with Gasteiger partial charge in [0.15, 0.2) is 5.78 Å². The van der Waals surface area contributed by atoms with Gasteiger partial charge in [0, 0.05) is 16.6 Å². The van der Waals surface area contributed by atoms with Crippen molar-refractivity contribution in [1.29, 1.82) is 0 Å². The van der Waals surface area contributed by atoms with Gasteiger partial charge in [-0.3, -0.25) is 4.79 Å². The molecule has 0 aliphatic carbocycles. The van der Waals surface area contributed by atoms with Gasteiger partial charge < -0.3 is 5.73 Å². The summed E-state index contributed by atoms with van der Waals surface area (Å²) >= 11 is 0. The molecule has 0 radical (unpaired) electrons. The first-order chi connectivity index (χ1) is 9.16. The second-order valence-electron chi connectivity index (χ2n) is 4.44. The molecule has 0 aliphatic rings. The predicted octanol–water partition coefficient (Wildman–Crippen LogP) is 2.81. The number of rotatable bonds is 2. The van der Waals surface area contributed by atoms with Crippen molar-refractivity contribution in [3.05, 3.63) is 54.2 Å². The van der Waals surface area contributed by atoms with Crippen molar-refractivity contribution in [2.45, 2.75) is 6.92 Å². The quantitative estimate of drug-likeness (QED) is 0.562. The largest absolute Gasteiger partial charge is 0.398 e. The number of nitrogens with zero attached hydrogens (tertiary/aromatic N) is 2. The van der Waals surface area contributed by atoms with Gasteiger partial charge in [0.25, 0.3) is 0 Å². The monoisotopic (exact) mass is 251 g/mol. The zero-order valence-electron chi connectivity index (χ0n) is 10.5. The lowest BCUT2D eigenvalue weighted by atomic mass is 10.1. The smallest absolute Gasteiger partial charge is 0.161 e. The Labute approximate surface area is 110 Å². The first-order valence-corrected chi connectivity index (χ1v) is 6.00. The van der Waals surface area contributed by atoms with Crippen LogP contribution in [0.15, 0.2) is 48.7 Å². The summed E-state index contributed by atoms with van der Waals surface area (Å²) in [6.45, 7) is 1.51. The number of nitrogens with two attached hydrogens (primary N) is 1. The lowest BCUT2D eigenvalue weighted by Gasteiger charge is -2.07. The number of fused-ring (bicyclic) bond motifs is 1. The zero-order chi connectivity index (χ0) is 13.4. The summed E-state index contributed by atoms with van der Waals surface area (Å²) in [6, 6.07) is 13.3. The normalized spacial score (nSPS) is 10.8. The van der Waals surface area contributed by atoms with Gasteiger partial charge in [-0.25, -0.2) is 4.68 Å². The van der Waals surface area contributed by atoms with Crippen LogP contribution in [-0.2, 0) is 0 Å². The molecule has 0 unspecified atom stereocenters. The van der Waals surface area contributed by atoms with Gasteiger partial charge in [-0.2, -0.15) is 5.10 Å². The fraction of sp³-hybridized carbons (Fsp3) is 0.0667.